The van der Waals surface area contributed by atoms with Gasteiger partial charge in [0.05, 0.1) is 12.5 Å². The van der Waals surface area contributed by atoms with Crippen LogP contribution in [-0.2, 0) is 4.79 Å². The first kappa shape index (κ1) is 21.4. The van der Waals surface area contributed by atoms with Crippen LogP contribution in [0.4, 0.5) is 0 Å². The summed E-state index contributed by atoms with van der Waals surface area (Å²) >= 11 is 0. The summed E-state index contributed by atoms with van der Waals surface area (Å²) < 4.78 is 0. The molecule has 23 heavy (non-hydrogen) atoms. The first-order chi connectivity index (χ1) is 11.2. The van der Waals surface area contributed by atoms with Gasteiger partial charge in [0.15, 0.2) is 0 Å². The van der Waals surface area contributed by atoms with Crippen molar-refractivity contribution in [2.24, 2.45) is 0 Å². The molecular weight excluding hydrogens is 288 g/mol. The quantitative estimate of drug-likeness (QED) is 0.342. The van der Waals surface area contributed by atoms with E-state index in [1.165, 1.54) is 25.7 Å². The van der Waals surface area contributed by atoms with Crippen LogP contribution in [0.3, 0.4) is 0 Å². The molecule has 3 nitrogen and oxygen atoms in total. The molecule has 0 aromatic carbocycles. The lowest BCUT2D eigenvalue weighted by Crippen LogP contribution is -2.11. The molecule has 0 aliphatic rings. The van der Waals surface area contributed by atoms with Gasteiger partial charge in [-0.25, -0.2) is 0 Å². The third-order valence-corrected chi connectivity index (χ3v) is 3.28. The van der Waals surface area contributed by atoms with E-state index in [1.54, 1.807) is 0 Å². The van der Waals surface area contributed by atoms with Gasteiger partial charge in [-0.2, -0.15) is 0 Å². The van der Waals surface area contributed by atoms with Crippen LogP contribution in [0.5, 0.6) is 0 Å². The topological polar surface area (TPSA) is 57.5 Å². The maximum absolute atomic E-state index is 10.4. The van der Waals surface area contributed by atoms with Gasteiger partial charge in [-0.05, 0) is 38.5 Å². The highest BCUT2D eigenvalue weighted by molar-refractivity contribution is 5.67. The van der Waals surface area contributed by atoms with Crippen molar-refractivity contribution in [1.82, 2.24) is 0 Å². The molecule has 0 spiro atoms. The predicted octanol–water partition coefficient (Wildman–Crippen LogP) is 5.19. The first-order valence-corrected chi connectivity index (χ1v) is 8.66. The number of hydrogen-bond acceptors (Lipinski definition) is 2. The summed E-state index contributed by atoms with van der Waals surface area (Å²) in [6, 6.07) is 0. The molecule has 0 amide bonds. The highest BCUT2D eigenvalue weighted by atomic mass is 16.4. The lowest BCUT2D eigenvalue weighted by atomic mass is 10.1. The maximum Gasteiger partial charge on any atom is 0.305 e. The fraction of sp³-hybridized carbons (Fsp3) is 0.550. The number of aliphatic carboxylic acids is 1. The molecule has 0 aromatic heterocycles. The Morgan fingerprint density at radius 3 is 1.91 bits per heavy atom. The molecular formula is C20H32O3. The van der Waals surface area contributed by atoms with Gasteiger partial charge in [-0.3, -0.25) is 4.79 Å². The number of rotatable bonds is 14. The number of hydrogen-bond donors (Lipinski definition) is 2. The summed E-state index contributed by atoms with van der Waals surface area (Å²) in [6.45, 7) is 2.22. The van der Waals surface area contributed by atoms with E-state index in [-0.39, 0.29) is 6.42 Å². The minimum Gasteiger partial charge on any atom is -0.481 e. The standard InChI is InChI=1S/C20H32O3/c1-2-3-4-5-6-7-8-9-10-11-12-13-14-15-16-17-19(21)18-20(22)23/h6-7,9-10,12-13,15-16,19,21H,2-5,8,11,14,17-18H2,1H3,(H,22,23)/b7-6-,10-9-,13-12-,16-15-/t19-/m1/s1. The Hall–Kier alpha value is -1.61. The molecule has 0 heterocycles. The van der Waals surface area contributed by atoms with Crippen molar-refractivity contribution in [1.29, 1.82) is 0 Å². The Morgan fingerprint density at radius 1 is 0.870 bits per heavy atom. The number of unbranched alkanes of at least 4 members (excludes halogenated alkanes) is 3. The van der Waals surface area contributed by atoms with Crippen LogP contribution in [0.25, 0.3) is 0 Å². The fourth-order valence-corrected chi connectivity index (χ4v) is 1.98. The van der Waals surface area contributed by atoms with Gasteiger partial charge in [0.2, 0.25) is 0 Å². The number of allylic oxidation sites excluding steroid dienone is 7. The molecule has 0 rings (SSSR count). The summed E-state index contributed by atoms with van der Waals surface area (Å²) in [5.41, 5.74) is 0. The zero-order valence-corrected chi connectivity index (χ0v) is 14.4. The predicted molar refractivity (Wildman–Crippen MR) is 97.4 cm³/mol. The van der Waals surface area contributed by atoms with Gasteiger partial charge in [-0.15, -0.1) is 0 Å². The Morgan fingerprint density at radius 2 is 1.39 bits per heavy atom. The molecule has 0 radical (unpaired) electrons. The van der Waals surface area contributed by atoms with Crippen LogP contribution >= 0.6 is 0 Å². The van der Waals surface area contributed by atoms with Crippen LogP contribution in [0.2, 0.25) is 0 Å². The van der Waals surface area contributed by atoms with Crippen LogP contribution in [-0.4, -0.2) is 22.3 Å². The summed E-state index contributed by atoms with van der Waals surface area (Å²) in [5.74, 6) is -0.964. The number of carbonyl (C=O) groups is 1. The summed E-state index contributed by atoms with van der Waals surface area (Å²) in [6.07, 6.45) is 24.0. The summed E-state index contributed by atoms with van der Waals surface area (Å²) in [4.78, 5) is 10.4. The minimum atomic E-state index is -0.964. The number of aliphatic hydroxyl groups is 1. The van der Waals surface area contributed by atoms with E-state index >= 15 is 0 Å². The zero-order valence-electron chi connectivity index (χ0n) is 14.4. The van der Waals surface area contributed by atoms with E-state index in [2.05, 4.69) is 43.4 Å². The highest BCUT2D eigenvalue weighted by Gasteiger charge is 2.06. The van der Waals surface area contributed by atoms with Gasteiger partial charge in [0.1, 0.15) is 0 Å². The molecule has 0 aliphatic carbocycles. The van der Waals surface area contributed by atoms with Crippen LogP contribution in [0.1, 0.15) is 64.7 Å². The number of carboxylic acid groups (broad SMARTS) is 1. The van der Waals surface area contributed by atoms with Gasteiger partial charge in [0, 0.05) is 0 Å². The second-order valence-electron chi connectivity index (χ2n) is 5.58. The lowest BCUT2D eigenvalue weighted by Gasteiger charge is -2.02. The van der Waals surface area contributed by atoms with Crippen molar-refractivity contribution in [2.45, 2.75) is 70.8 Å². The Labute approximate surface area is 141 Å². The summed E-state index contributed by atoms with van der Waals surface area (Å²) in [7, 11) is 0. The third-order valence-electron chi connectivity index (χ3n) is 3.28. The van der Waals surface area contributed by atoms with Crippen molar-refractivity contribution in [2.75, 3.05) is 0 Å². The largest absolute Gasteiger partial charge is 0.481 e. The molecule has 3 heteroatoms. The van der Waals surface area contributed by atoms with Gasteiger partial charge in [-0.1, -0.05) is 68.4 Å². The van der Waals surface area contributed by atoms with Crippen molar-refractivity contribution >= 4 is 5.97 Å². The van der Waals surface area contributed by atoms with E-state index in [0.29, 0.717) is 6.42 Å². The van der Waals surface area contributed by atoms with E-state index in [0.717, 1.165) is 19.3 Å². The monoisotopic (exact) mass is 320 g/mol. The second-order valence-corrected chi connectivity index (χ2v) is 5.58. The van der Waals surface area contributed by atoms with Crippen molar-refractivity contribution in [3.8, 4) is 0 Å². The smallest absolute Gasteiger partial charge is 0.305 e. The molecule has 1 atom stereocenters. The van der Waals surface area contributed by atoms with Gasteiger partial charge < -0.3 is 10.2 Å². The van der Waals surface area contributed by atoms with Gasteiger partial charge >= 0.3 is 5.97 Å². The van der Waals surface area contributed by atoms with Crippen LogP contribution in [0, 0.1) is 0 Å². The molecule has 2 N–H and O–H groups in total. The minimum absolute atomic E-state index is 0.196. The number of carboxylic acids is 1. The molecule has 0 bridgehead atoms. The van der Waals surface area contributed by atoms with Crippen molar-refractivity contribution in [3.05, 3.63) is 48.6 Å². The number of aliphatic hydroxyl groups excluding tert-OH is 1. The lowest BCUT2D eigenvalue weighted by molar-refractivity contribution is -0.139. The van der Waals surface area contributed by atoms with Crippen molar-refractivity contribution in [3.63, 3.8) is 0 Å². The van der Waals surface area contributed by atoms with E-state index in [4.69, 9.17) is 5.11 Å². The maximum atomic E-state index is 10.4. The normalized spacial score (nSPS) is 13.8. The molecule has 130 valence electrons. The molecule has 0 saturated heterocycles. The van der Waals surface area contributed by atoms with Crippen molar-refractivity contribution < 1.29 is 15.0 Å². The third kappa shape index (κ3) is 18.3. The summed E-state index contributed by atoms with van der Waals surface area (Å²) in [5, 5.41) is 17.9. The van der Waals surface area contributed by atoms with E-state index < -0.39 is 12.1 Å². The van der Waals surface area contributed by atoms with Crippen LogP contribution in [0.15, 0.2) is 48.6 Å². The second kappa shape index (κ2) is 16.8. The fourth-order valence-electron chi connectivity index (χ4n) is 1.98. The molecule has 0 unspecified atom stereocenters. The van der Waals surface area contributed by atoms with E-state index in [9.17, 15) is 9.90 Å². The molecule has 0 aromatic rings. The SMILES string of the molecule is CCCCC/C=C\C/C=C\C/C=C\C/C=C\C[C@@H](O)CC(=O)O. The molecule has 0 saturated carbocycles. The zero-order chi connectivity index (χ0) is 17.2. The van der Waals surface area contributed by atoms with Gasteiger partial charge in [0.25, 0.3) is 0 Å². The first-order valence-electron chi connectivity index (χ1n) is 8.66. The molecule has 0 aliphatic heterocycles. The average molecular weight is 320 g/mol. The Bertz CT molecular complexity index is 392. The Kier molecular flexibility index (Phi) is 15.6. The van der Waals surface area contributed by atoms with Crippen LogP contribution < -0.4 is 0 Å². The Balaban J connectivity index is 3.52. The highest BCUT2D eigenvalue weighted by Crippen LogP contribution is 2.02. The molecule has 0 fully saturated rings. The van der Waals surface area contributed by atoms with E-state index in [1.807, 2.05) is 12.2 Å². The average Bonchev–Trinajstić information content (AvgIpc) is 2.50.